The van der Waals surface area contributed by atoms with Crippen molar-refractivity contribution in [2.45, 2.75) is 200 Å². The first-order valence-electron chi connectivity index (χ1n) is 18.6. The van der Waals surface area contributed by atoms with Crippen LogP contribution in [0.1, 0.15) is 194 Å². The van der Waals surface area contributed by atoms with E-state index in [0.29, 0.717) is 0 Å². The topological polar surface area (TPSA) is 47.3 Å². The molecule has 3 atom stereocenters. The minimum absolute atomic E-state index is 0.217. The molecule has 40 heavy (non-hydrogen) atoms. The molecule has 0 radical (unpaired) electrons. The number of aliphatic hydroxyl groups excluding tert-OH is 1. The lowest BCUT2D eigenvalue weighted by Crippen LogP contribution is -2.39. The van der Waals surface area contributed by atoms with Crippen molar-refractivity contribution >= 4 is 5.84 Å². The van der Waals surface area contributed by atoms with Crippen molar-refractivity contribution in [2.75, 3.05) is 13.1 Å². The number of hydrogen-bond acceptors (Lipinski definition) is 2. The Kier molecular flexibility index (Phi) is 21.3. The molecule has 1 aliphatic heterocycles. The third-order valence-electron chi connectivity index (χ3n) is 10.5. The first-order valence-corrected chi connectivity index (χ1v) is 18.6. The molecule has 1 saturated heterocycles. The first-order chi connectivity index (χ1) is 19.6. The van der Waals surface area contributed by atoms with Crippen molar-refractivity contribution < 1.29 is 5.11 Å². The molecule has 1 aliphatic carbocycles. The predicted octanol–water partition coefficient (Wildman–Crippen LogP) is 11.5. The summed E-state index contributed by atoms with van der Waals surface area (Å²) in [5.74, 6) is 3.52. The molecule has 2 rings (SSSR count). The summed E-state index contributed by atoms with van der Waals surface area (Å²) in [7, 11) is 0. The van der Waals surface area contributed by atoms with Crippen molar-refractivity contribution in [1.82, 2.24) is 4.90 Å². The Bertz CT molecular complexity index is 585. The normalized spacial score (nSPS) is 21.4. The summed E-state index contributed by atoms with van der Waals surface area (Å²) in [6.45, 7) is 6.93. The van der Waals surface area contributed by atoms with Crippen LogP contribution in [-0.2, 0) is 0 Å². The van der Waals surface area contributed by atoms with Gasteiger partial charge in [-0.3, -0.25) is 5.41 Å². The molecule has 3 nitrogen and oxygen atoms in total. The number of hydrogen-bond donors (Lipinski definition) is 2. The van der Waals surface area contributed by atoms with Crippen molar-refractivity contribution in [2.24, 2.45) is 17.8 Å². The number of rotatable bonds is 23. The van der Waals surface area contributed by atoms with Crippen LogP contribution in [0.3, 0.4) is 0 Å². The van der Waals surface area contributed by atoms with E-state index in [0.717, 1.165) is 62.4 Å². The van der Waals surface area contributed by atoms with Crippen LogP contribution in [-0.4, -0.2) is 35.0 Å². The summed E-state index contributed by atoms with van der Waals surface area (Å²) in [6, 6.07) is 0. The lowest BCUT2D eigenvalue weighted by molar-refractivity contribution is 0.150. The van der Waals surface area contributed by atoms with Crippen LogP contribution in [0.25, 0.3) is 0 Å². The summed E-state index contributed by atoms with van der Waals surface area (Å²) >= 11 is 0. The second kappa shape index (κ2) is 23.9. The average Bonchev–Trinajstić information content (AvgIpc) is 3.17. The van der Waals surface area contributed by atoms with Gasteiger partial charge in [0.1, 0.15) is 0 Å². The number of nitrogens with one attached hydrogen (secondary N) is 1. The molecule has 0 aromatic heterocycles. The van der Waals surface area contributed by atoms with E-state index in [9.17, 15) is 5.11 Å². The average molecular weight is 561 g/mol. The Balaban J connectivity index is 1.35. The van der Waals surface area contributed by atoms with Crippen LogP contribution >= 0.6 is 0 Å². The van der Waals surface area contributed by atoms with E-state index in [2.05, 4.69) is 18.7 Å². The maximum absolute atomic E-state index is 10.5. The van der Waals surface area contributed by atoms with E-state index >= 15 is 0 Å². The number of piperidine rings is 1. The van der Waals surface area contributed by atoms with Crippen LogP contribution < -0.4 is 0 Å². The second-order valence-corrected chi connectivity index (χ2v) is 14.1. The van der Waals surface area contributed by atoms with Gasteiger partial charge in [-0.25, -0.2) is 0 Å². The summed E-state index contributed by atoms with van der Waals surface area (Å²) in [5, 5.41) is 19.1. The molecule has 0 amide bonds. The Labute approximate surface area is 251 Å². The van der Waals surface area contributed by atoms with Crippen LogP contribution in [0.4, 0.5) is 0 Å². The van der Waals surface area contributed by atoms with Crippen molar-refractivity contribution in [3.8, 4) is 0 Å². The summed E-state index contributed by atoms with van der Waals surface area (Å²) in [5.41, 5.74) is 0. The Morgan fingerprint density at radius 2 is 1.18 bits per heavy atom. The van der Waals surface area contributed by atoms with Gasteiger partial charge in [0.05, 0.1) is 11.9 Å². The van der Waals surface area contributed by atoms with Gasteiger partial charge >= 0.3 is 0 Å². The van der Waals surface area contributed by atoms with Gasteiger partial charge < -0.3 is 10.0 Å². The molecule has 1 heterocycles. The maximum atomic E-state index is 10.5. The minimum Gasteiger partial charge on any atom is -0.393 e. The monoisotopic (exact) mass is 561 g/mol. The van der Waals surface area contributed by atoms with Gasteiger partial charge in [-0.05, 0) is 49.9 Å². The molecular weight excluding hydrogens is 488 g/mol. The molecule has 3 heteroatoms. The number of amidine groups is 1. The van der Waals surface area contributed by atoms with Crippen LogP contribution in [0.5, 0.6) is 0 Å². The SMILES string of the molecule is CCCCCCCCCCCCCCCCCCCC(O)CCC(=N)N1CCC(C[C@H]2CCCCC[C@H]2C)CC1. The Morgan fingerprint density at radius 3 is 1.73 bits per heavy atom. The second-order valence-electron chi connectivity index (χ2n) is 14.1. The first kappa shape index (κ1) is 35.6. The molecule has 236 valence electrons. The zero-order valence-corrected chi connectivity index (χ0v) is 27.4. The standard InChI is InChI=1S/C37H72N2O/c1-3-4-5-6-7-8-9-10-11-12-13-14-15-16-17-18-22-25-36(40)26-27-37(38)39-30-28-34(29-31-39)32-35-24-21-19-20-23-33(35)2/h33-36,38,40H,3-32H2,1-2H3/t33-,35-,36?/m1/s1. The largest absolute Gasteiger partial charge is 0.393 e. The molecule has 1 saturated carbocycles. The van der Waals surface area contributed by atoms with E-state index in [1.807, 2.05) is 0 Å². The number of nitrogens with zero attached hydrogens (tertiary/aromatic N) is 1. The van der Waals surface area contributed by atoms with Gasteiger partial charge in [0.15, 0.2) is 0 Å². The lowest BCUT2D eigenvalue weighted by atomic mass is 9.79. The fraction of sp³-hybridized carbons (Fsp3) is 0.973. The number of likely N-dealkylation sites (tertiary alicyclic amines) is 1. The molecule has 1 unspecified atom stereocenters. The third-order valence-corrected chi connectivity index (χ3v) is 10.5. The predicted molar refractivity (Wildman–Crippen MR) is 176 cm³/mol. The van der Waals surface area contributed by atoms with Crippen LogP contribution in [0, 0.1) is 23.2 Å². The van der Waals surface area contributed by atoms with Crippen molar-refractivity contribution in [1.29, 1.82) is 5.41 Å². The Hall–Kier alpha value is -0.570. The quantitative estimate of drug-likeness (QED) is 0.0565. The van der Waals surface area contributed by atoms with Gasteiger partial charge in [0.2, 0.25) is 0 Å². The minimum atomic E-state index is -0.217. The Morgan fingerprint density at radius 1 is 0.675 bits per heavy atom. The van der Waals surface area contributed by atoms with Gasteiger partial charge in [-0.15, -0.1) is 0 Å². The molecule has 0 aromatic rings. The lowest BCUT2D eigenvalue weighted by Gasteiger charge is -2.36. The highest BCUT2D eigenvalue weighted by Gasteiger charge is 2.27. The van der Waals surface area contributed by atoms with Gasteiger partial charge in [0.25, 0.3) is 0 Å². The van der Waals surface area contributed by atoms with Gasteiger partial charge in [-0.2, -0.15) is 0 Å². The van der Waals surface area contributed by atoms with E-state index < -0.39 is 0 Å². The van der Waals surface area contributed by atoms with Gasteiger partial charge in [-0.1, -0.05) is 155 Å². The summed E-state index contributed by atoms with van der Waals surface area (Å²) in [4.78, 5) is 2.31. The van der Waals surface area contributed by atoms with Crippen LogP contribution in [0.15, 0.2) is 0 Å². The third kappa shape index (κ3) is 17.4. The van der Waals surface area contributed by atoms with Gasteiger partial charge in [0, 0.05) is 19.5 Å². The maximum Gasteiger partial charge on any atom is 0.0958 e. The summed E-state index contributed by atoms with van der Waals surface area (Å²) in [6.07, 6.45) is 37.2. The molecular formula is C37H72N2O. The van der Waals surface area contributed by atoms with E-state index in [1.165, 1.54) is 154 Å². The number of unbranched alkanes of at least 4 members (excludes halogenated alkanes) is 16. The van der Waals surface area contributed by atoms with E-state index in [1.54, 1.807) is 0 Å². The van der Waals surface area contributed by atoms with Crippen LogP contribution in [0.2, 0.25) is 0 Å². The highest BCUT2D eigenvalue weighted by Crippen LogP contribution is 2.35. The van der Waals surface area contributed by atoms with E-state index in [-0.39, 0.29) is 6.10 Å². The summed E-state index contributed by atoms with van der Waals surface area (Å²) < 4.78 is 0. The fourth-order valence-electron chi connectivity index (χ4n) is 7.50. The molecule has 0 bridgehead atoms. The van der Waals surface area contributed by atoms with Crippen molar-refractivity contribution in [3.05, 3.63) is 0 Å². The molecule has 2 fully saturated rings. The molecule has 0 spiro atoms. The molecule has 0 aromatic carbocycles. The smallest absolute Gasteiger partial charge is 0.0958 e. The highest BCUT2D eigenvalue weighted by atomic mass is 16.3. The van der Waals surface area contributed by atoms with E-state index in [4.69, 9.17) is 5.41 Å². The zero-order valence-electron chi connectivity index (χ0n) is 27.4. The highest BCUT2D eigenvalue weighted by molar-refractivity contribution is 5.79. The molecule has 2 N–H and O–H groups in total. The zero-order chi connectivity index (χ0) is 28.7. The fourth-order valence-corrected chi connectivity index (χ4v) is 7.50. The van der Waals surface area contributed by atoms with Crippen molar-refractivity contribution in [3.63, 3.8) is 0 Å². The molecule has 2 aliphatic rings. The number of aliphatic hydroxyl groups is 1.